The summed E-state index contributed by atoms with van der Waals surface area (Å²) in [6, 6.07) is 5.12. The van der Waals surface area contributed by atoms with Crippen LogP contribution in [0.3, 0.4) is 0 Å². The number of hydrogen-bond acceptors (Lipinski definition) is 4. The van der Waals surface area contributed by atoms with Gasteiger partial charge in [0.05, 0.1) is 4.92 Å². The van der Waals surface area contributed by atoms with Crippen LogP contribution in [0.15, 0.2) is 18.2 Å². The molecule has 0 saturated heterocycles. The maximum absolute atomic E-state index is 10.7. The van der Waals surface area contributed by atoms with Gasteiger partial charge in [0.2, 0.25) is 0 Å². The SMILES string of the molecule is Cc1ccc(NCCCN)cc1[N+](=O)[O-]. The molecule has 0 radical (unpaired) electrons. The molecule has 0 aliphatic carbocycles. The number of nitrogens with zero attached hydrogens (tertiary/aromatic N) is 1. The molecule has 5 nitrogen and oxygen atoms in total. The average Bonchev–Trinajstić information content (AvgIpc) is 2.20. The van der Waals surface area contributed by atoms with Crippen LogP contribution < -0.4 is 11.1 Å². The van der Waals surface area contributed by atoms with Crippen LogP contribution in [0, 0.1) is 17.0 Å². The molecule has 1 aromatic carbocycles. The van der Waals surface area contributed by atoms with Crippen molar-refractivity contribution in [3.05, 3.63) is 33.9 Å². The number of nitro groups is 1. The predicted molar refractivity (Wildman–Crippen MR) is 60.0 cm³/mol. The molecular weight excluding hydrogens is 194 g/mol. The highest BCUT2D eigenvalue weighted by Crippen LogP contribution is 2.21. The lowest BCUT2D eigenvalue weighted by Crippen LogP contribution is -2.08. The van der Waals surface area contributed by atoms with Crippen molar-refractivity contribution in [1.29, 1.82) is 0 Å². The Labute approximate surface area is 88.4 Å². The van der Waals surface area contributed by atoms with Crippen molar-refractivity contribution in [1.82, 2.24) is 0 Å². The first-order valence-corrected chi connectivity index (χ1v) is 4.84. The Morgan fingerprint density at radius 1 is 1.53 bits per heavy atom. The van der Waals surface area contributed by atoms with Gasteiger partial charge < -0.3 is 11.1 Å². The van der Waals surface area contributed by atoms with Gasteiger partial charge in [0, 0.05) is 23.9 Å². The summed E-state index contributed by atoms with van der Waals surface area (Å²) in [4.78, 5) is 10.3. The van der Waals surface area contributed by atoms with E-state index in [4.69, 9.17) is 5.73 Å². The van der Waals surface area contributed by atoms with Crippen molar-refractivity contribution in [2.45, 2.75) is 13.3 Å². The smallest absolute Gasteiger partial charge is 0.274 e. The molecule has 1 aromatic rings. The average molecular weight is 209 g/mol. The summed E-state index contributed by atoms with van der Waals surface area (Å²) >= 11 is 0. The maximum atomic E-state index is 10.7. The quantitative estimate of drug-likeness (QED) is 0.439. The van der Waals surface area contributed by atoms with Gasteiger partial charge in [-0.05, 0) is 26.0 Å². The highest BCUT2D eigenvalue weighted by atomic mass is 16.6. The standard InChI is InChI=1S/C10H15N3O2/c1-8-3-4-9(12-6-2-5-11)7-10(8)13(14)15/h3-4,7,12H,2,5-6,11H2,1H3. The second-order valence-electron chi connectivity index (χ2n) is 3.33. The van der Waals surface area contributed by atoms with Gasteiger partial charge in [0.1, 0.15) is 0 Å². The predicted octanol–water partition coefficient (Wildman–Crippen LogP) is 1.66. The number of nitro benzene ring substituents is 1. The number of aryl methyl sites for hydroxylation is 1. The maximum Gasteiger partial charge on any atom is 0.274 e. The van der Waals surface area contributed by atoms with E-state index in [1.54, 1.807) is 19.1 Å². The van der Waals surface area contributed by atoms with Crippen molar-refractivity contribution < 1.29 is 4.92 Å². The number of benzene rings is 1. The molecule has 0 aliphatic heterocycles. The molecule has 0 unspecified atom stereocenters. The Morgan fingerprint density at radius 2 is 2.27 bits per heavy atom. The van der Waals surface area contributed by atoms with E-state index < -0.39 is 0 Å². The van der Waals surface area contributed by atoms with Gasteiger partial charge in [-0.25, -0.2) is 0 Å². The normalized spacial score (nSPS) is 10.0. The van der Waals surface area contributed by atoms with Gasteiger partial charge in [-0.2, -0.15) is 0 Å². The fourth-order valence-electron chi connectivity index (χ4n) is 1.25. The van der Waals surface area contributed by atoms with Gasteiger partial charge in [-0.1, -0.05) is 6.07 Å². The third-order valence-corrected chi connectivity index (χ3v) is 2.12. The molecule has 3 N–H and O–H groups in total. The number of anilines is 1. The van der Waals surface area contributed by atoms with Crippen molar-refractivity contribution in [3.8, 4) is 0 Å². The molecule has 0 heterocycles. The van der Waals surface area contributed by atoms with Gasteiger partial charge in [-0.15, -0.1) is 0 Å². The summed E-state index contributed by atoms with van der Waals surface area (Å²) in [6.45, 7) is 3.07. The van der Waals surface area contributed by atoms with Crippen LogP contribution in [0.2, 0.25) is 0 Å². The Kier molecular flexibility index (Phi) is 4.05. The molecule has 1 rings (SSSR count). The largest absolute Gasteiger partial charge is 0.385 e. The Hall–Kier alpha value is -1.62. The molecule has 0 fully saturated rings. The van der Waals surface area contributed by atoms with Crippen LogP contribution in [0.4, 0.5) is 11.4 Å². The first kappa shape index (κ1) is 11.5. The van der Waals surface area contributed by atoms with E-state index in [9.17, 15) is 10.1 Å². The first-order valence-electron chi connectivity index (χ1n) is 4.84. The minimum atomic E-state index is -0.372. The lowest BCUT2D eigenvalue weighted by atomic mass is 10.2. The van der Waals surface area contributed by atoms with E-state index in [0.717, 1.165) is 18.7 Å². The van der Waals surface area contributed by atoms with E-state index in [1.807, 2.05) is 6.07 Å². The van der Waals surface area contributed by atoms with Gasteiger partial charge in [-0.3, -0.25) is 10.1 Å². The molecule has 0 bridgehead atoms. The second kappa shape index (κ2) is 5.31. The molecule has 0 amide bonds. The summed E-state index contributed by atoms with van der Waals surface area (Å²) in [7, 11) is 0. The Morgan fingerprint density at radius 3 is 2.87 bits per heavy atom. The fraction of sp³-hybridized carbons (Fsp3) is 0.400. The third kappa shape index (κ3) is 3.21. The van der Waals surface area contributed by atoms with Crippen LogP contribution in [-0.4, -0.2) is 18.0 Å². The van der Waals surface area contributed by atoms with Crippen LogP contribution in [0.5, 0.6) is 0 Å². The number of nitrogens with two attached hydrogens (primary N) is 1. The monoisotopic (exact) mass is 209 g/mol. The van der Waals surface area contributed by atoms with E-state index in [2.05, 4.69) is 5.32 Å². The summed E-state index contributed by atoms with van der Waals surface area (Å²) in [5.74, 6) is 0. The van der Waals surface area contributed by atoms with E-state index in [0.29, 0.717) is 12.1 Å². The lowest BCUT2D eigenvalue weighted by molar-refractivity contribution is -0.385. The Bertz CT molecular complexity index is 353. The van der Waals surface area contributed by atoms with Crippen LogP contribution >= 0.6 is 0 Å². The van der Waals surface area contributed by atoms with Gasteiger partial charge in [0.25, 0.3) is 5.69 Å². The highest BCUT2D eigenvalue weighted by Gasteiger charge is 2.10. The van der Waals surface area contributed by atoms with E-state index >= 15 is 0 Å². The van der Waals surface area contributed by atoms with Crippen molar-refractivity contribution in [2.24, 2.45) is 5.73 Å². The van der Waals surface area contributed by atoms with E-state index in [-0.39, 0.29) is 10.6 Å². The minimum Gasteiger partial charge on any atom is -0.385 e. The topological polar surface area (TPSA) is 81.2 Å². The fourth-order valence-corrected chi connectivity index (χ4v) is 1.25. The van der Waals surface area contributed by atoms with Gasteiger partial charge in [0.15, 0.2) is 0 Å². The summed E-state index contributed by atoms with van der Waals surface area (Å²) in [5.41, 5.74) is 6.93. The zero-order valence-electron chi connectivity index (χ0n) is 8.69. The Balaban J connectivity index is 2.74. The molecule has 82 valence electrons. The first-order chi connectivity index (χ1) is 7.15. The van der Waals surface area contributed by atoms with Crippen LogP contribution in [0.1, 0.15) is 12.0 Å². The summed E-state index contributed by atoms with van der Waals surface area (Å²) in [5, 5.41) is 13.7. The summed E-state index contributed by atoms with van der Waals surface area (Å²) in [6.07, 6.45) is 0.849. The van der Waals surface area contributed by atoms with E-state index in [1.165, 1.54) is 0 Å². The van der Waals surface area contributed by atoms with Crippen LogP contribution in [-0.2, 0) is 0 Å². The molecule has 5 heteroatoms. The molecule has 0 atom stereocenters. The third-order valence-electron chi connectivity index (χ3n) is 2.12. The number of rotatable bonds is 5. The molecule has 15 heavy (non-hydrogen) atoms. The number of nitrogens with one attached hydrogen (secondary N) is 1. The van der Waals surface area contributed by atoms with Crippen molar-refractivity contribution in [3.63, 3.8) is 0 Å². The zero-order valence-corrected chi connectivity index (χ0v) is 8.69. The van der Waals surface area contributed by atoms with Crippen molar-refractivity contribution >= 4 is 11.4 Å². The molecule has 0 aliphatic rings. The molecule has 0 saturated carbocycles. The van der Waals surface area contributed by atoms with Gasteiger partial charge >= 0.3 is 0 Å². The van der Waals surface area contributed by atoms with Crippen molar-refractivity contribution in [2.75, 3.05) is 18.4 Å². The minimum absolute atomic E-state index is 0.146. The highest BCUT2D eigenvalue weighted by molar-refractivity contribution is 5.54. The van der Waals surface area contributed by atoms with Crippen LogP contribution in [0.25, 0.3) is 0 Å². The molecule has 0 aromatic heterocycles. The lowest BCUT2D eigenvalue weighted by Gasteiger charge is -2.05. The zero-order chi connectivity index (χ0) is 11.3. The molecule has 0 spiro atoms. The summed E-state index contributed by atoms with van der Waals surface area (Å²) < 4.78 is 0. The number of hydrogen-bond donors (Lipinski definition) is 2. The molecular formula is C10H15N3O2. The second-order valence-corrected chi connectivity index (χ2v) is 3.33.